The van der Waals surface area contributed by atoms with E-state index in [2.05, 4.69) is 37.0 Å². The number of hydrogen-bond donors (Lipinski definition) is 1. The molecule has 1 heterocycles. The zero-order chi connectivity index (χ0) is 15.0. The summed E-state index contributed by atoms with van der Waals surface area (Å²) in [4.78, 5) is 4.49. The summed E-state index contributed by atoms with van der Waals surface area (Å²) in [6, 6.07) is 10.4. The fourth-order valence-corrected chi connectivity index (χ4v) is 3.22. The molecule has 3 heteroatoms. The lowest BCUT2D eigenvalue weighted by Crippen LogP contribution is -2.17. The molecule has 1 aliphatic carbocycles. The van der Waals surface area contributed by atoms with Gasteiger partial charge in [0, 0.05) is 11.3 Å². The standard InChI is InChI=1S/C18H19N3/c1-11-7-8-16-14(9-11)17(15(10-19)18(20)21-16)13-6-4-3-5-12(13)2/h3-6,11H,7-9H2,1-2H3,(H2,20,21). The van der Waals surface area contributed by atoms with Crippen LogP contribution in [0.15, 0.2) is 24.3 Å². The molecule has 1 aliphatic rings. The van der Waals surface area contributed by atoms with E-state index in [0.29, 0.717) is 17.3 Å². The maximum atomic E-state index is 9.55. The van der Waals surface area contributed by atoms with E-state index in [4.69, 9.17) is 5.73 Å². The molecule has 0 saturated heterocycles. The minimum absolute atomic E-state index is 0.365. The van der Waals surface area contributed by atoms with Crippen LogP contribution in [0.2, 0.25) is 0 Å². The molecule has 0 amide bonds. The lowest BCUT2D eigenvalue weighted by atomic mass is 9.81. The second kappa shape index (κ2) is 5.21. The predicted octanol–water partition coefficient (Wildman–Crippen LogP) is 3.64. The van der Waals surface area contributed by atoms with Crippen LogP contribution in [0.25, 0.3) is 11.1 Å². The summed E-state index contributed by atoms with van der Waals surface area (Å²) in [6.07, 6.45) is 3.06. The normalized spacial score (nSPS) is 17.1. The van der Waals surface area contributed by atoms with E-state index in [0.717, 1.165) is 36.1 Å². The molecule has 3 rings (SSSR count). The molecule has 0 fully saturated rings. The van der Waals surface area contributed by atoms with Gasteiger partial charge < -0.3 is 5.73 Å². The maximum Gasteiger partial charge on any atom is 0.142 e. The van der Waals surface area contributed by atoms with E-state index in [1.54, 1.807) is 0 Å². The summed E-state index contributed by atoms with van der Waals surface area (Å²) >= 11 is 0. The van der Waals surface area contributed by atoms with Crippen molar-refractivity contribution in [1.82, 2.24) is 4.98 Å². The third-order valence-corrected chi connectivity index (χ3v) is 4.36. The number of anilines is 1. The van der Waals surface area contributed by atoms with E-state index in [-0.39, 0.29) is 0 Å². The summed E-state index contributed by atoms with van der Waals surface area (Å²) in [6.45, 7) is 4.33. The highest BCUT2D eigenvalue weighted by atomic mass is 14.9. The van der Waals surface area contributed by atoms with Crippen LogP contribution < -0.4 is 5.73 Å². The summed E-state index contributed by atoms with van der Waals surface area (Å²) < 4.78 is 0. The number of nitrogen functional groups attached to an aromatic ring is 1. The van der Waals surface area contributed by atoms with Crippen molar-refractivity contribution in [3.63, 3.8) is 0 Å². The zero-order valence-corrected chi connectivity index (χ0v) is 12.5. The highest BCUT2D eigenvalue weighted by Gasteiger charge is 2.25. The van der Waals surface area contributed by atoms with E-state index < -0.39 is 0 Å². The molecule has 0 bridgehead atoms. The van der Waals surface area contributed by atoms with Gasteiger partial charge in [-0.1, -0.05) is 31.2 Å². The third kappa shape index (κ3) is 2.27. The maximum absolute atomic E-state index is 9.55. The van der Waals surface area contributed by atoms with Crippen LogP contribution in [0.5, 0.6) is 0 Å². The van der Waals surface area contributed by atoms with E-state index in [9.17, 15) is 5.26 Å². The fourth-order valence-electron chi connectivity index (χ4n) is 3.22. The average Bonchev–Trinajstić information content (AvgIpc) is 2.47. The van der Waals surface area contributed by atoms with Crippen LogP contribution in [0.1, 0.15) is 35.7 Å². The van der Waals surface area contributed by atoms with Crippen LogP contribution in [-0.2, 0) is 12.8 Å². The number of nitriles is 1. The molecule has 0 radical (unpaired) electrons. The summed E-state index contributed by atoms with van der Waals surface area (Å²) in [5.74, 6) is 0.987. The molecule has 106 valence electrons. The van der Waals surface area contributed by atoms with Gasteiger partial charge in [0.1, 0.15) is 17.5 Å². The van der Waals surface area contributed by atoms with Gasteiger partial charge in [-0.15, -0.1) is 0 Å². The number of nitrogens with two attached hydrogens (primary N) is 1. The number of rotatable bonds is 1. The molecule has 21 heavy (non-hydrogen) atoms. The Labute approximate surface area is 125 Å². The van der Waals surface area contributed by atoms with Gasteiger partial charge in [-0.2, -0.15) is 5.26 Å². The first kappa shape index (κ1) is 13.6. The van der Waals surface area contributed by atoms with Gasteiger partial charge in [-0.05, 0) is 48.8 Å². The van der Waals surface area contributed by atoms with Crippen LogP contribution >= 0.6 is 0 Å². The minimum atomic E-state index is 0.365. The van der Waals surface area contributed by atoms with Crippen LogP contribution in [0, 0.1) is 24.2 Å². The predicted molar refractivity (Wildman–Crippen MR) is 84.7 cm³/mol. The molecule has 2 N–H and O–H groups in total. The minimum Gasteiger partial charge on any atom is -0.383 e. The second-order valence-electron chi connectivity index (χ2n) is 5.95. The van der Waals surface area contributed by atoms with Crippen molar-refractivity contribution in [3.8, 4) is 17.2 Å². The van der Waals surface area contributed by atoms with Gasteiger partial charge in [0.05, 0.1) is 0 Å². The van der Waals surface area contributed by atoms with E-state index in [1.165, 1.54) is 11.1 Å². The Hall–Kier alpha value is -2.34. The van der Waals surface area contributed by atoms with Crippen molar-refractivity contribution < 1.29 is 0 Å². The highest BCUT2D eigenvalue weighted by molar-refractivity contribution is 5.81. The molecule has 1 unspecified atom stereocenters. The zero-order valence-electron chi connectivity index (χ0n) is 12.5. The van der Waals surface area contributed by atoms with E-state index >= 15 is 0 Å². The summed E-state index contributed by atoms with van der Waals surface area (Å²) in [5, 5.41) is 9.55. The summed E-state index contributed by atoms with van der Waals surface area (Å²) in [7, 11) is 0. The molecule has 3 nitrogen and oxygen atoms in total. The van der Waals surface area contributed by atoms with Gasteiger partial charge in [0.2, 0.25) is 0 Å². The SMILES string of the molecule is Cc1ccccc1-c1c(C#N)c(N)nc2c1CC(C)CC2. The topological polar surface area (TPSA) is 62.7 Å². The van der Waals surface area contributed by atoms with Gasteiger partial charge in [0.25, 0.3) is 0 Å². The number of pyridine rings is 1. The Bertz CT molecular complexity index is 741. The largest absolute Gasteiger partial charge is 0.383 e. The molecule has 0 saturated carbocycles. The average molecular weight is 277 g/mol. The quantitative estimate of drug-likeness (QED) is 0.865. The van der Waals surface area contributed by atoms with Gasteiger partial charge >= 0.3 is 0 Å². The van der Waals surface area contributed by atoms with Crippen molar-refractivity contribution in [2.75, 3.05) is 5.73 Å². The molecule has 0 aliphatic heterocycles. The first-order chi connectivity index (χ1) is 10.1. The van der Waals surface area contributed by atoms with Crippen molar-refractivity contribution in [3.05, 3.63) is 46.6 Å². The number of hydrogen-bond acceptors (Lipinski definition) is 3. The van der Waals surface area contributed by atoms with Crippen LogP contribution in [0.4, 0.5) is 5.82 Å². The van der Waals surface area contributed by atoms with Crippen LogP contribution in [-0.4, -0.2) is 4.98 Å². The Morgan fingerprint density at radius 2 is 2.10 bits per heavy atom. The molecule has 1 aromatic heterocycles. The number of aromatic nitrogens is 1. The monoisotopic (exact) mass is 277 g/mol. The molecule has 1 aromatic carbocycles. The summed E-state index contributed by atoms with van der Waals surface area (Å²) in [5.41, 5.74) is 12.1. The van der Waals surface area contributed by atoms with Crippen molar-refractivity contribution in [1.29, 1.82) is 5.26 Å². The molecule has 0 spiro atoms. The van der Waals surface area contributed by atoms with Crippen LogP contribution in [0.3, 0.4) is 0 Å². The molecular formula is C18H19N3. The number of benzene rings is 1. The van der Waals surface area contributed by atoms with Gasteiger partial charge in [-0.25, -0.2) is 4.98 Å². The highest BCUT2D eigenvalue weighted by Crippen LogP contribution is 2.38. The molecule has 1 atom stereocenters. The lowest BCUT2D eigenvalue weighted by Gasteiger charge is -2.25. The molecule has 2 aromatic rings. The number of fused-ring (bicyclic) bond motifs is 1. The first-order valence-corrected chi connectivity index (χ1v) is 7.39. The first-order valence-electron chi connectivity index (χ1n) is 7.39. The van der Waals surface area contributed by atoms with Crippen molar-refractivity contribution >= 4 is 5.82 Å². The van der Waals surface area contributed by atoms with Gasteiger partial charge in [0.15, 0.2) is 0 Å². The lowest BCUT2D eigenvalue weighted by molar-refractivity contribution is 0.495. The smallest absolute Gasteiger partial charge is 0.142 e. The third-order valence-electron chi connectivity index (χ3n) is 4.36. The molecular weight excluding hydrogens is 258 g/mol. The Balaban J connectivity index is 2.35. The number of aryl methyl sites for hydroxylation is 2. The van der Waals surface area contributed by atoms with E-state index in [1.807, 2.05) is 12.1 Å². The Kier molecular flexibility index (Phi) is 3.39. The van der Waals surface area contributed by atoms with Crippen molar-refractivity contribution in [2.45, 2.75) is 33.1 Å². The number of nitrogens with zero attached hydrogens (tertiary/aromatic N) is 2. The Morgan fingerprint density at radius 1 is 1.33 bits per heavy atom. The Morgan fingerprint density at radius 3 is 2.81 bits per heavy atom. The fraction of sp³-hybridized carbons (Fsp3) is 0.333. The van der Waals surface area contributed by atoms with Gasteiger partial charge in [-0.3, -0.25) is 0 Å². The second-order valence-corrected chi connectivity index (χ2v) is 5.95. The van der Waals surface area contributed by atoms with Crippen molar-refractivity contribution in [2.24, 2.45) is 5.92 Å².